The van der Waals surface area contributed by atoms with E-state index in [9.17, 15) is 14.0 Å². The number of urea groups is 1. The highest BCUT2D eigenvalue weighted by Gasteiger charge is 2.35. The number of carbonyl (C=O) groups is 2. The maximum atomic E-state index is 14.0. The fraction of sp³-hybridized carbons (Fsp3) is 0.360. The lowest BCUT2D eigenvalue weighted by Gasteiger charge is -2.42. The number of fused-ring (bicyclic) bond motifs is 5. The van der Waals surface area contributed by atoms with Gasteiger partial charge in [0, 0.05) is 18.5 Å². The van der Waals surface area contributed by atoms with E-state index in [2.05, 4.69) is 20.9 Å². The Morgan fingerprint density at radius 3 is 2.66 bits per heavy atom. The van der Waals surface area contributed by atoms with Gasteiger partial charge in [-0.15, -0.1) is 0 Å². The van der Waals surface area contributed by atoms with Crippen molar-refractivity contribution < 1.29 is 14.0 Å². The molecule has 0 saturated carbocycles. The number of halogens is 1. The van der Waals surface area contributed by atoms with Crippen LogP contribution in [0.4, 0.5) is 20.7 Å². The Balaban J connectivity index is 1.43. The Bertz CT molecular complexity index is 1270. The molecule has 2 bridgehead atoms. The number of anilines is 2. The Labute approximate surface area is 202 Å². The van der Waals surface area contributed by atoms with Crippen molar-refractivity contribution >= 4 is 34.3 Å². The molecular weight excluding hydrogens is 449 g/mol. The van der Waals surface area contributed by atoms with Crippen LogP contribution in [0, 0.1) is 11.7 Å². The molecule has 5 rings (SSSR count). The zero-order valence-electron chi connectivity index (χ0n) is 19.7. The molecule has 2 aliphatic heterocycles. The van der Waals surface area contributed by atoms with Crippen LogP contribution >= 0.6 is 0 Å². The Morgan fingerprint density at radius 1 is 1.09 bits per heavy atom. The average Bonchev–Trinajstić information content (AvgIpc) is 2.84. The van der Waals surface area contributed by atoms with Gasteiger partial charge in [-0.1, -0.05) is 38.1 Å². The van der Waals surface area contributed by atoms with Crippen LogP contribution in [0.25, 0.3) is 10.9 Å². The summed E-state index contributed by atoms with van der Waals surface area (Å²) >= 11 is 0. The van der Waals surface area contributed by atoms with Crippen LogP contribution in [0.5, 0.6) is 0 Å². The number of para-hydroxylation sites is 2. The van der Waals surface area contributed by atoms with Gasteiger partial charge >= 0.3 is 6.03 Å². The smallest absolute Gasteiger partial charge is 0.322 e. The predicted octanol–water partition coefficient (Wildman–Crippen LogP) is 3.01. The van der Waals surface area contributed by atoms with Gasteiger partial charge in [0.1, 0.15) is 29.7 Å². The van der Waals surface area contributed by atoms with Crippen molar-refractivity contribution in [3.05, 3.63) is 60.2 Å². The van der Waals surface area contributed by atoms with Gasteiger partial charge in [-0.2, -0.15) is 0 Å². The highest BCUT2D eigenvalue weighted by atomic mass is 19.1. The van der Waals surface area contributed by atoms with Crippen molar-refractivity contribution in [3.63, 3.8) is 0 Å². The van der Waals surface area contributed by atoms with Crippen molar-refractivity contribution in [1.82, 2.24) is 25.1 Å². The van der Waals surface area contributed by atoms with Crippen LogP contribution in [0.1, 0.15) is 19.7 Å². The molecule has 1 saturated heterocycles. The van der Waals surface area contributed by atoms with Gasteiger partial charge in [-0.25, -0.2) is 19.2 Å². The SMILES string of the molecule is CC(C)[C@@H]1Nc2nc(nc3ccccc23)CN2CCN(C(=O)Nc3ccccc3F)CC2NC1=O. The van der Waals surface area contributed by atoms with Gasteiger partial charge in [-0.3, -0.25) is 9.69 Å². The second-order valence-corrected chi connectivity index (χ2v) is 9.22. The van der Waals surface area contributed by atoms with E-state index in [1.165, 1.54) is 12.1 Å². The van der Waals surface area contributed by atoms with E-state index in [1.54, 1.807) is 17.0 Å². The standard InChI is InChI=1S/C25H28FN7O2/c1-15(2)22-24(34)30-21-14-33(25(35)28-19-10-6-4-8-17(19)26)12-11-32(21)13-20-27-18-9-5-3-7-16(18)23(29-20)31-22/h3-10,15,21-22H,11-14H2,1-2H3,(H,28,35)(H,30,34)(H,27,29,31)/t21?,22-/m0/s1. The quantitative estimate of drug-likeness (QED) is 0.525. The van der Waals surface area contributed by atoms with Crippen LogP contribution in [0.2, 0.25) is 0 Å². The van der Waals surface area contributed by atoms with E-state index < -0.39 is 24.1 Å². The van der Waals surface area contributed by atoms with Crippen LogP contribution < -0.4 is 16.0 Å². The van der Waals surface area contributed by atoms with E-state index in [0.717, 1.165) is 10.9 Å². The van der Waals surface area contributed by atoms with Gasteiger partial charge in [0.2, 0.25) is 5.91 Å². The first-order chi connectivity index (χ1) is 16.9. The molecule has 0 radical (unpaired) electrons. The summed E-state index contributed by atoms with van der Waals surface area (Å²) in [7, 11) is 0. The second kappa shape index (κ2) is 9.46. The molecular formula is C25H28FN7O2. The molecule has 0 spiro atoms. The molecule has 3 heterocycles. The number of amides is 3. The fourth-order valence-electron chi connectivity index (χ4n) is 4.51. The fourth-order valence-corrected chi connectivity index (χ4v) is 4.51. The minimum atomic E-state index is -0.524. The third-order valence-corrected chi connectivity index (χ3v) is 6.44. The first kappa shape index (κ1) is 23.0. The summed E-state index contributed by atoms with van der Waals surface area (Å²) in [5.74, 6) is 0.600. The first-order valence-electron chi connectivity index (χ1n) is 11.8. The van der Waals surface area contributed by atoms with Crippen molar-refractivity contribution in [1.29, 1.82) is 0 Å². The number of piperazine rings is 1. The number of nitrogens with zero attached hydrogens (tertiary/aromatic N) is 4. The number of aromatic nitrogens is 2. The summed E-state index contributed by atoms with van der Waals surface area (Å²) in [5, 5.41) is 9.94. The first-order valence-corrected chi connectivity index (χ1v) is 11.8. The minimum absolute atomic E-state index is 0.0101. The highest BCUT2D eigenvalue weighted by Crippen LogP contribution is 2.25. The van der Waals surface area contributed by atoms with Gasteiger partial charge in [0.25, 0.3) is 0 Å². The minimum Gasteiger partial charge on any atom is -0.358 e. The van der Waals surface area contributed by atoms with Crippen LogP contribution in [-0.4, -0.2) is 63.5 Å². The summed E-state index contributed by atoms with van der Waals surface area (Å²) in [6.07, 6.45) is -0.442. The second-order valence-electron chi connectivity index (χ2n) is 9.22. The van der Waals surface area contributed by atoms with Crippen molar-refractivity contribution in [3.8, 4) is 0 Å². The summed E-state index contributed by atoms with van der Waals surface area (Å²) < 4.78 is 14.0. The van der Waals surface area contributed by atoms with E-state index in [1.807, 2.05) is 38.1 Å². The lowest BCUT2D eigenvalue weighted by atomic mass is 10.0. The summed E-state index contributed by atoms with van der Waals surface area (Å²) in [6, 6.07) is 12.8. The van der Waals surface area contributed by atoms with Gasteiger partial charge in [0.15, 0.2) is 0 Å². The third-order valence-electron chi connectivity index (χ3n) is 6.44. The maximum absolute atomic E-state index is 14.0. The number of carbonyl (C=O) groups excluding carboxylic acids is 2. The summed E-state index contributed by atoms with van der Waals surface area (Å²) in [4.78, 5) is 39.4. The molecule has 1 unspecified atom stereocenters. The molecule has 10 heteroatoms. The van der Waals surface area contributed by atoms with E-state index in [-0.39, 0.29) is 24.1 Å². The normalized spacial score (nSPS) is 20.7. The van der Waals surface area contributed by atoms with E-state index >= 15 is 0 Å². The summed E-state index contributed by atoms with van der Waals surface area (Å²) in [5.41, 5.74) is 0.930. The largest absolute Gasteiger partial charge is 0.358 e. The molecule has 3 N–H and O–H groups in total. The van der Waals surface area contributed by atoms with Gasteiger partial charge < -0.3 is 20.9 Å². The third kappa shape index (κ3) is 4.74. The molecule has 3 aromatic rings. The molecule has 3 amide bonds. The topological polar surface area (TPSA) is 102 Å². The Hall–Kier alpha value is -3.79. The molecule has 2 aliphatic rings. The lowest BCUT2D eigenvalue weighted by Crippen LogP contribution is -2.63. The molecule has 9 nitrogen and oxygen atoms in total. The molecule has 1 fully saturated rings. The van der Waals surface area contributed by atoms with Gasteiger partial charge in [-0.05, 0) is 30.2 Å². The number of benzene rings is 2. The number of rotatable bonds is 2. The summed E-state index contributed by atoms with van der Waals surface area (Å²) in [6.45, 7) is 5.52. The Kier molecular flexibility index (Phi) is 6.21. The number of hydrogen-bond acceptors (Lipinski definition) is 6. The number of hydrogen-bond donors (Lipinski definition) is 3. The van der Waals surface area contributed by atoms with Crippen molar-refractivity contribution in [2.75, 3.05) is 30.3 Å². The maximum Gasteiger partial charge on any atom is 0.322 e. The predicted molar refractivity (Wildman–Crippen MR) is 131 cm³/mol. The molecule has 35 heavy (non-hydrogen) atoms. The highest BCUT2D eigenvalue weighted by molar-refractivity contribution is 5.93. The Morgan fingerprint density at radius 2 is 1.86 bits per heavy atom. The van der Waals surface area contributed by atoms with Gasteiger partial charge in [0.05, 0.1) is 24.3 Å². The molecule has 1 aromatic heterocycles. The lowest BCUT2D eigenvalue weighted by molar-refractivity contribution is -0.125. The van der Waals surface area contributed by atoms with Crippen LogP contribution in [-0.2, 0) is 11.3 Å². The van der Waals surface area contributed by atoms with Crippen molar-refractivity contribution in [2.45, 2.75) is 32.6 Å². The van der Waals surface area contributed by atoms with E-state index in [4.69, 9.17) is 9.97 Å². The van der Waals surface area contributed by atoms with Crippen LogP contribution in [0.15, 0.2) is 48.5 Å². The average molecular weight is 478 g/mol. The molecule has 0 aliphatic carbocycles. The zero-order valence-corrected chi connectivity index (χ0v) is 19.7. The molecule has 182 valence electrons. The van der Waals surface area contributed by atoms with Crippen LogP contribution in [0.3, 0.4) is 0 Å². The molecule has 2 atom stereocenters. The monoisotopic (exact) mass is 477 g/mol. The zero-order chi connectivity index (χ0) is 24.5. The molecule has 2 aromatic carbocycles. The number of nitrogens with one attached hydrogen (secondary N) is 3. The van der Waals surface area contributed by atoms with Crippen molar-refractivity contribution in [2.24, 2.45) is 5.92 Å². The van der Waals surface area contributed by atoms with E-state index in [0.29, 0.717) is 31.3 Å².